The van der Waals surface area contributed by atoms with Crippen LogP contribution in [-0.4, -0.2) is 32.2 Å². The molecule has 0 saturated carbocycles. The van der Waals surface area contributed by atoms with Gasteiger partial charge in [0.1, 0.15) is 0 Å². The van der Waals surface area contributed by atoms with Crippen LogP contribution in [0.1, 0.15) is 16.2 Å². The molecule has 1 aromatic carbocycles. The Morgan fingerprint density at radius 1 is 1.29 bits per heavy atom. The average molecular weight is 339 g/mol. The summed E-state index contributed by atoms with van der Waals surface area (Å²) in [6, 6.07) is 10.9. The van der Waals surface area contributed by atoms with Crippen LogP contribution in [0, 0.1) is 0 Å². The lowest BCUT2D eigenvalue weighted by atomic mass is 10.2. The fourth-order valence-corrected chi connectivity index (χ4v) is 3.29. The highest BCUT2D eigenvalue weighted by Crippen LogP contribution is 2.31. The number of amides is 2. The van der Waals surface area contributed by atoms with E-state index in [9.17, 15) is 9.59 Å². The van der Waals surface area contributed by atoms with E-state index in [4.69, 9.17) is 0 Å². The molecule has 1 aliphatic rings. The molecule has 120 valence electrons. The summed E-state index contributed by atoms with van der Waals surface area (Å²) in [6.07, 6.45) is 1.85. The minimum absolute atomic E-state index is 0.0556. The van der Waals surface area contributed by atoms with Gasteiger partial charge in [0.05, 0.1) is 18.0 Å². The van der Waals surface area contributed by atoms with E-state index in [0.29, 0.717) is 22.8 Å². The molecule has 8 heteroatoms. The number of hydrogen-bond acceptors (Lipinski definition) is 5. The molecule has 2 amide bonds. The molecule has 0 aliphatic carbocycles. The molecule has 0 bridgehead atoms. The Morgan fingerprint density at radius 3 is 3.12 bits per heavy atom. The number of benzene rings is 1. The van der Waals surface area contributed by atoms with Crippen molar-refractivity contribution in [3.05, 3.63) is 54.0 Å². The average Bonchev–Trinajstić information content (AvgIpc) is 3.02. The summed E-state index contributed by atoms with van der Waals surface area (Å²) < 4.78 is 1.82. The summed E-state index contributed by atoms with van der Waals surface area (Å²) in [5, 5.41) is 13.7. The Kier molecular flexibility index (Phi) is 3.66. The summed E-state index contributed by atoms with van der Waals surface area (Å²) in [6.45, 7) is 0.266. The molecule has 2 N–H and O–H groups in total. The summed E-state index contributed by atoms with van der Waals surface area (Å²) >= 11 is 1.46. The number of rotatable bonds is 3. The molecular formula is C16H13N5O2S. The lowest BCUT2D eigenvalue weighted by Crippen LogP contribution is -2.25. The van der Waals surface area contributed by atoms with Crippen molar-refractivity contribution in [3.63, 3.8) is 0 Å². The number of pyridine rings is 1. The predicted molar refractivity (Wildman–Crippen MR) is 90.0 cm³/mol. The molecule has 2 aromatic heterocycles. The highest BCUT2D eigenvalue weighted by molar-refractivity contribution is 8.00. The van der Waals surface area contributed by atoms with E-state index in [2.05, 4.69) is 20.8 Å². The molecule has 0 fully saturated rings. The van der Waals surface area contributed by atoms with Gasteiger partial charge in [-0.25, -0.2) is 0 Å². The maximum Gasteiger partial charge on any atom is 0.251 e. The SMILES string of the molecule is O=C1CSc2ccc(C(=O)NCc3nnc4ccccn34)cc2N1. The molecular weight excluding hydrogens is 326 g/mol. The summed E-state index contributed by atoms with van der Waals surface area (Å²) in [5.41, 5.74) is 1.90. The first-order valence-electron chi connectivity index (χ1n) is 7.34. The fraction of sp³-hybridized carbons (Fsp3) is 0.125. The molecule has 0 radical (unpaired) electrons. The quantitative estimate of drug-likeness (QED) is 0.758. The van der Waals surface area contributed by atoms with Crippen LogP contribution in [0.5, 0.6) is 0 Å². The number of nitrogens with zero attached hydrogens (tertiary/aromatic N) is 3. The Morgan fingerprint density at radius 2 is 2.21 bits per heavy atom. The van der Waals surface area contributed by atoms with E-state index in [1.165, 1.54) is 11.8 Å². The van der Waals surface area contributed by atoms with Gasteiger partial charge >= 0.3 is 0 Å². The first-order chi connectivity index (χ1) is 11.7. The van der Waals surface area contributed by atoms with Crippen LogP contribution in [0.2, 0.25) is 0 Å². The largest absolute Gasteiger partial charge is 0.345 e. The second kappa shape index (κ2) is 5.97. The Balaban J connectivity index is 1.50. The van der Waals surface area contributed by atoms with Crippen molar-refractivity contribution < 1.29 is 9.59 Å². The molecule has 7 nitrogen and oxygen atoms in total. The van der Waals surface area contributed by atoms with Crippen molar-refractivity contribution in [2.24, 2.45) is 0 Å². The molecule has 0 unspecified atom stereocenters. The molecule has 0 spiro atoms. The summed E-state index contributed by atoms with van der Waals surface area (Å²) in [7, 11) is 0. The zero-order chi connectivity index (χ0) is 16.5. The van der Waals surface area contributed by atoms with Crippen molar-refractivity contribution in [1.29, 1.82) is 0 Å². The maximum atomic E-state index is 12.4. The number of fused-ring (bicyclic) bond motifs is 2. The molecule has 24 heavy (non-hydrogen) atoms. The number of hydrogen-bond donors (Lipinski definition) is 2. The zero-order valence-corrected chi connectivity index (χ0v) is 13.3. The van der Waals surface area contributed by atoms with E-state index >= 15 is 0 Å². The van der Waals surface area contributed by atoms with Gasteiger partial charge in [0.25, 0.3) is 5.91 Å². The summed E-state index contributed by atoms with van der Waals surface area (Å²) in [4.78, 5) is 24.8. The van der Waals surface area contributed by atoms with Crippen molar-refractivity contribution in [2.75, 3.05) is 11.1 Å². The minimum Gasteiger partial charge on any atom is -0.345 e. The first-order valence-corrected chi connectivity index (χ1v) is 8.33. The zero-order valence-electron chi connectivity index (χ0n) is 12.5. The van der Waals surface area contributed by atoms with Gasteiger partial charge in [0.2, 0.25) is 5.91 Å². The van der Waals surface area contributed by atoms with Crippen LogP contribution in [-0.2, 0) is 11.3 Å². The van der Waals surface area contributed by atoms with E-state index in [1.807, 2.05) is 34.9 Å². The Hall–Kier alpha value is -2.87. The standard InChI is InChI=1S/C16H13N5O2S/c22-15-9-24-12-5-4-10(7-11(12)18-15)16(23)17-8-14-20-19-13-3-1-2-6-21(13)14/h1-7H,8-9H2,(H,17,23)(H,18,22). The third-order valence-electron chi connectivity index (χ3n) is 3.67. The number of anilines is 1. The highest BCUT2D eigenvalue weighted by atomic mass is 32.2. The molecule has 0 atom stereocenters. The van der Waals surface area contributed by atoms with Gasteiger partial charge in [-0.05, 0) is 30.3 Å². The van der Waals surface area contributed by atoms with Gasteiger partial charge in [0, 0.05) is 16.7 Å². The molecule has 3 heterocycles. The molecule has 0 saturated heterocycles. The van der Waals surface area contributed by atoms with Gasteiger partial charge in [-0.1, -0.05) is 6.07 Å². The van der Waals surface area contributed by atoms with Gasteiger partial charge in [0.15, 0.2) is 11.5 Å². The van der Waals surface area contributed by atoms with Gasteiger partial charge < -0.3 is 10.6 Å². The van der Waals surface area contributed by atoms with E-state index in [-0.39, 0.29) is 18.4 Å². The van der Waals surface area contributed by atoms with Gasteiger partial charge in [-0.15, -0.1) is 22.0 Å². The van der Waals surface area contributed by atoms with Crippen LogP contribution in [0.3, 0.4) is 0 Å². The lowest BCUT2D eigenvalue weighted by molar-refractivity contribution is -0.113. The first kappa shape index (κ1) is 14.7. The normalized spacial score (nSPS) is 13.4. The van der Waals surface area contributed by atoms with Crippen LogP contribution >= 0.6 is 11.8 Å². The second-order valence-electron chi connectivity index (χ2n) is 5.28. The number of carbonyl (C=O) groups excluding carboxylic acids is 2. The van der Waals surface area contributed by atoms with Crippen LogP contribution in [0.4, 0.5) is 5.69 Å². The second-order valence-corrected chi connectivity index (χ2v) is 6.29. The molecule has 1 aliphatic heterocycles. The van der Waals surface area contributed by atoms with Gasteiger partial charge in [-0.2, -0.15) is 0 Å². The van der Waals surface area contributed by atoms with Crippen LogP contribution in [0.25, 0.3) is 5.65 Å². The minimum atomic E-state index is -0.227. The lowest BCUT2D eigenvalue weighted by Gasteiger charge is -2.16. The third-order valence-corrected chi connectivity index (χ3v) is 4.74. The highest BCUT2D eigenvalue weighted by Gasteiger charge is 2.17. The summed E-state index contributed by atoms with van der Waals surface area (Å²) in [5.74, 6) is 0.773. The Bertz CT molecular complexity index is 953. The van der Waals surface area contributed by atoms with E-state index in [1.54, 1.807) is 12.1 Å². The number of thioether (sulfide) groups is 1. The topological polar surface area (TPSA) is 88.4 Å². The maximum absolute atomic E-state index is 12.4. The Labute approximate surface area is 141 Å². The monoisotopic (exact) mass is 339 g/mol. The van der Waals surface area contributed by atoms with Crippen LogP contribution < -0.4 is 10.6 Å². The smallest absolute Gasteiger partial charge is 0.251 e. The molecule has 4 rings (SSSR count). The fourth-order valence-electron chi connectivity index (χ4n) is 2.50. The van der Waals surface area contributed by atoms with Crippen molar-refractivity contribution >= 4 is 34.9 Å². The number of aromatic nitrogens is 3. The molecule has 3 aromatic rings. The van der Waals surface area contributed by atoms with Crippen LogP contribution in [0.15, 0.2) is 47.5 Å². The van der Waals surface area contributed by atoms with Crippen molar-refractivity contribution in [1.82, 2.24) is 19.9 Å². The van der Waals surface area contributed by atoms with E-state index in [0.717, 1.165) is 10.5 Å². The van der Waals surface area contributed by atoms with Crippen molar-refractivity contribution in [3.8, 4) is 0 Å². The van der Waals surface area contributed by atoms with Crippen molar-refractivity contribution in [2.45, 2.75) is 11.4 Å². The third kappa shape index (κ3) is 2.71. The number of carbonyl (C=O) groups is 2. The number of nitrogens with one attached hydrogen (secondary N) is 2. The van der Waals surface area contributed by atoms with Gasteiger partial charge in [-0.3, -0.25) is 14.0 Å². The van der Waals surface area contributed by atoms with E-state index < -0.39 is 0 Å². The predicted octanol–water partition coefficient (Wildman–Crippen LogP) is 1.70.